The number of aryl methyl sites for hydroxylation is 1. The Hall–Kier alpha value is -0.760. The lowest BCUT2D eigenvalue weighted by Crippen LogP contribution is -2.42. The predicted molar refractivity (Wildman–Crippen MR) is 93.2 cm³/mol. The third kappa shape index (κ3) is 3.07. The van der Waals surface area contributed by atoms with Gasteiger partial charge in [0.25, 0.3) is 5.60 Å². The van der Waals surface area contributed by atoms with E-state index in [1.54, 1.807) is 6.07 Å². The first-order valence-electron chi connectivity index (χ1n) is 6.67. The molecule has 1 aromatic heterocycles. The molecule has 2 nitrogen and oxygen atoms in total. The Kier molecular flexibility index (Phi) is 4.66. The molecule has 0 radical (unpaired) electrons. The van der Waals surface area contributed by atoms with Crippen molar-refractivity contribution in [3.63, 3.8) is 0 Å². The molecule has 0 fully saturated rings. The Morgan fingerprint density at radius 1 is 1.21 bits per heavy atom. The van der Waals surface area contributed by atoms with E-state index in [0.29, 0.717) is 4.88 Å². The van der Waals surface area contributed by atoms with Gasteiger partial charge in [0.15, 0.2) is 0 Å². The largest absolute Gasteiger partial charge is 0.435 e. The number of nitrogens with zero attached hydrogens (tertiary/aromatic N) is 1. The predicted octanol–water partition coefficient (Wildman–Crippen LogP) is 6.71. The topological polar surface area (TPSA) is 21.6 Å². The SMILES string of the molecule is Cc1cc(C2=NOC(c3cc(Cl)cc(Cl)c3)(C(F)(F)F)C2)sc1Br. The van der Waals surface area contributed by atoms with Gasteiger partial charge >= 0.3 is 6.18 Å². The molecule has 1 aliphatic rings. The fourth-order valence-electron chi connectivity index (χ4n) is 2.42. The van der Waals surface area contributed by atoms with Crippen molar-refractivity contribution in [3.05, 3.63) is 54.1 Å². The Balaban J connectivity index is 2.05. The molecule has 2 heterocycles. The van der Waals surface area contributed by atoms with Crippen LogP contribution < -0.4 is 0 Å². The van der Waals surface area contributed by atoms with Gasteiger partial charge in [-0.15, -0.1) is 11.3 Å². The van der Waals surface area contributed by atoms with Gasteiger partial charge in [-0.3, -0.25) is 0 Å². The standard InChI is InChI=1S/C15H9BrCl2F3NOS/c1-7-2-12(24-13(7)16)11-6-14(23-22-11,15(19,20)21)8-3-9(17)5-10(18)4-8/h2-5H,6H2,1H3. The van der Waals surface area contributed by atoms with E-state index in [2.05, 4.69) is 21.1 Å². The highest BCUT2D eigenvalue weighted by atomic mass is 79.9. The minimum absolute atomic E-state index is 0.105. The minimum Gasteiger partial charge on any atom is -0.374 e. The molecule has 1 unspecified atom stereocenters. The van der Waals surface area contributed by atoms with E-state index in [1.807, 2.05) is 6.92 Å². The molecule has 128 valence electrons. The summed E-state index contributed by atoms with van der Waals surface area (Å²) in [5.74, 6) is 0. The molecule has 3 rings (SSSR count). The Bertz CT molecular complexity index is 797. The average molecular weight is 459 g/mol. The maximum atomic E-state index is 13.8. The second-order valence-corrected chi connectivity index (χ2v) is 8.60. The third-order valence-corrected chi connectivity index (χ3v) is 6.28. The highest BCUT2D eigenvalue weighted by Gasteiger charge is 2.62. The van der Waals surface area contributed by atoms with Crippen LogP contribution in [-0.4, -0.2) is 11.9 Å². The summed E-state index contributed by atoms with van der Waals surface area (Å²) in [6, 6.07) is 5.55. The average Bonchev–Trinajstić information content (AvgIpc) is 3.03. The number of benzene rings is 1. The van der Waals surface area contributed by atoms with Crippen LogP contribution in [0.5, 0.6) is 0 Å². The van der Waals surface area contributed by atoms with E-state index in [1.165, 1.54) is 29.5 Å². The Morgan fingerprint density at radius 3 is 2.33 bits per heavy atom. The summed E-state index contributed by atoms with van der Waals surface area (Å²) < 4.78 is 42.4. The molecule has 9 heteroatoms. The van der Waals surface area contributed by atoms with Crippen molar-refractivity contribution in [2.24, 2.45) is 5.16 Å². The van der Waals surface area contributed by atoms with Gasteiger partial charge in [0.05, 0.1) is 15.1 Å². The number of oxime groups is 1. The fraction of sp³-hybridized carbons (Fsp3) is 0.267. The van der Waals surface area contributed by atoms with Crippen LogP contribution in [0.25, 0.3) is 0 Å². The first kappa shape index (κ1) is 18.0. The summed E-state index contributed by atoms with van der Waals surface area (Å²) in [5.41, 5.74) is -1.60. The highest BCUT2D eigenvalue weighted by molar-refractivity contribution is 9.11. The summed E-state index contributed by atoms with van der Waals surface area (Å²) in [4.78, 5) is 5.58. The summed E-state index contributed by atoms with van der Waals surface area (Å²) >= 11 is 16.4. The van der Waals surface area contributed by atoms with Crippen molar-refractivity contribution >= 4 is 56.2 Å². The fourth-order valence-corrected chi connectivity index (χ4v) is 4.46. The van der Waals surface area contributed by atoms with Crippen LogP contribution in [0.2, 0.25) is 10.0 Å². The molecule has 0 spiro atoms. The smallest absolute Gasteiger partial charge is 0.374 e. The van der Waals surface area contributed by atoms with Gasteiger partial charge in [-0.2, -0.15) is 13.2 Å². The minimum atomic E-state index is -4.68. The monoisotopic (exact) mass is 457 g/mol. The lowest BCUT2D eigenvalue weighted by Gasteiger charge is -2.29. The molecule has 1 aromatic carbocycles. The maximum absolute atomic E-state index is 13.8. The Morgan fingerprint density at radius 2 is 1.83 bits per heavy atom. The van der Waals surface area contributed by atoms with Gasteiger partial charge in [-0.05, 0) is 52.7 Å². The molecular formula is C15H9BrCl2F3NOS. The van der Waals surface area contributed by atoms with Crippen molar-refractivity contribution in [3.8, 4) is 0 Å². The van der Waals surface area contributed by atoms with Crippen LogP contribution in [-0.2, 0) is 10.4 Å². The molecular weight excluding hydrogens is 450 g/mol. The zero-order valence-electron chi connectivity index (χ0n) is 12.0. The normalized spacial score (nSPS) is 20.9. The molecule has 1 aliphatic heterocycles. The maximum Gasteiger partial charge on any atom is 0.435 e. The summed E-state index contributed by atoms with van der Waals surface area (Å²) in [6.07, 6.45) is -5.13. The zero-order chi connectivity index (χ0) is 17.7. The quantitative estimate of drug-likeness (QED) is 0.490. The summed E-state index contributed by atoms with van der Waals surface area (Å²) in [5, 5.41) is 3.93. The van der Waals surface area contributed by atoms with E-state index in [-0.39, 0.29) is 21.3 Å². The molecule has 2 aromatic rings. The third-order valence-electron chi connectivity index (χ3n) is 3.66. The molecule has 24 heavy (non-hydrogen) atoms. The number of rotatable bonds is 2. The second kappa shape index (κ2) is 6.20. The van der Waals surface area contributed by atoms with Gasteiger partial charge in [0.1, 0.15) is 5.71 Å². The number of thiophene rings is 1. The molecule has 0 saturated carbocycles. The molecule has 0 amide bonds. The molecule has 0 N–H and O–H groups in total. The second-order valence-electron chi connectivity index (χ2n) is 5.36. The Labute approximate surface area is 158 Å². The van der Waals surface area contributed by atoms with Gasteiger partial charge < -0.3 is 4.84 Å². The van der Waals surface area contributed by atoms with Crippen LogP contribution in [0.1, 0.15) is 22.4 Å². The number of alkyl halides is 3. The van der Waals surface area contributed by atoms with Crippen molar-refractivity contribution in [1.82, 2.24) is 0 Å². The summed E-state index contributed by atoms with van der Waals surface area (Å²) in [7, 11) is 0. The van der Waals surface area contributed by atoms with Crippen LogP contribution >= 0.6 is 50.5 Å². The van der Waals surface area contributed by atoms with Crippen molar-refractivity contribution in [2.75, 3.05) is 0 Å². The van der Waals surface area contributed by atoms with E-state index >= 15 is 0 Å². The lowest BCUT2D eigenvalue weighted by atomic mass is 9.88. The van der Waals surface area contributed by atoms with Crippen molar-refractivity contribution < 1.29 is 18.0 Å². The number of hydrogen-bond acceptors (Lipinski definition) is 3. The van der Waals surface area contributed by atoms with Gasteiger partial charge in [-0.25, -0.2) is 0 Å². The van der Waals surface area contributed by atoms with Crippen LogP contribution in [0, 0.1) is 6.92 Å². The summed E-state index contributed by atoms with van der Waals surface area (Å²) in [6.45, 7) is 1.86. The van der Waals surface area contributed by atoms with E-state index in [4.69, 9.17) is 28.0 Å². The van der Waals surface area contributed by atoms with E-state index in [0.717, 1.165) is 9.35 Å². The number of halogens is 6. The van der Waals surface area contributed by atoms with Gasteiger partial charge in [0.2, 0.25) is 0 Å². The lowest BCUT2D eigenvalue weighted by molar-refractivity contribution is -0.275. The molecule has 0 aliphatic carbocycles. The van der Waals surface area contributed by atoms with E-state index in [9.17, 15) is 13.2 Å². The van der Waals surface area contributed by atoms with Gasteiger partial charge in [-0.1, -0.05) is 28.4 Å². The molecule has 1 atom stereocenters. The van der Waals surface area contributed by atoms with Gasteiger partial charge in [0, 0.05) is 15.6 Å². The molecule has 0 bridgehead atoms. The van der Waals surface area contributed by atoms with Crippen molar-refractivity contribution in [1.29, 1.82) is 0 Å². The zero-order valence-corrected chi connectivity index (χ0v) is 16.0. The van der Waals surface area contributed by atoms with Crippen LogP contribution in [0.4, 0.5) is 13.2 Å². The van der Waals surface area contributed by atoms with Crippen LogP contribution in [0.15, 0.2) is 33.2 Å². The van der Waals surface area contributed by atoms with Crippen molar-refractivity contribution in [2.45, 2.75) is 25.1 Å². The molecule has 0 saturated heterocycles. The number of hydrogen-bond donors (Lipinski definition) is 0. The highest BCUT2D eigenvalue weighted by Crippen LogP contribution is 2.50. The first-order valence-corrected chi connectivity index (χ1v) is 9.03. The first-order chi connectivity index (χ1) is 11.1. The van der Waals surface area contributed by atoms with Crippen LogP contribution in [0.3, 0.4) is 0 Å². The van der Waals surface area contributed by atoms with E-state index < -0.39 is 18.2 Å².